The Labute approximate surface area is 162 Å². The first-order valence-corrected chi connectivity index (χ1v) is 12.8. The van der Waals surface area contributed by atoms with Crippen molar-refractivity contribution >= 4 is 14.1 Å². The van der Waals surface area contributed by atoms with Crippen LogP contribution in [0.3, 0.4) is 0 Å². The molecule has 1 aromatic heterocycles. The van der Waals surface area contributed by atoms with E-state index in [0.717, 1.165) is 25.1 Å². The largest absolute Gasteiger partial charge is 0.407 e. The molecule has 1 aliphatic heterocycles. The highest BCUT2D eigenvalue weighted by Crippen LogP contribution is 2.45. The molecule has 0 amide bonds. The highest BCUT2D eigenvalue weighted by atomic mass is 28.4. The minimum atomic E-state index is -1.96. The Balaban J connectivity index is 1.70. The maximum Gasteiger partial charge on any atom is 0.217 e. The van der Waals surface area contributed by atoms with E-state index in [1.54, 1.807) is 0 Å². The zero-order valence-electron chi connectivity index (χ0n) is 16.9. The summed E-state index contributed by atoms with van der Waals surface area (Å²) in [5, 5.41) is 4.76. The highest BCUT2D eigenvalue weighted by Gasteiger charge is 2.45. The molecule has 0 saturated heterocycles. The fraction of sp³-hybridized carbons (Fsp3) is 0.571. The Bertz CT molecular complexity index is 850. The molecule has 1 aromatic carbocycles. The maximum atomic E-state index is 12.5. The summed E-state index contributed by atoms with van der Waals surface area (Å²) in [5.41, 5.74) is 1.19. The molecule has 1 fully saturated rings. The third-order valence-corrected chi connectivity index (χ3v) is 10.8. The van der Waals surface area contributed by atoms with Crippen molar-refractivity contribution in [3.8, 4) is 0 Å². The Morgan fingerprint density at radius 2 is 1.85 bits per heavy atom. The number of fused-ring (bicyclic) bond motifs is 1. The number of hydrogen-bond acceptors (Lipinski definition) is 4. The summed E-state index contributed by atoms with van der Waals surface area (Å²) in [6.07, 6.45) is 2.65. The number of aromatic nitrogens is 3. The van der Waals surface area contributed by atoms with Gasteiger partial charge in [0.05, 0.1) is 6.04 Å². The quantitative estimate of drug-likeness (QED) is 0.543. The maximum absolute atomic E-state index is 12.5. The van der Waals surface area contributed by atoms with Crippen LogP contribution in [0, 0.1) is 5.92 Å². The predicted molar refractivity (Wildman–Crippen MR) is 107 cm³/mol. The van der Waals surface area contributed by atoms with Gasteiger partial charge in [-0.1, -0.05) is 51.1 Å². The second-order valence-corrected chi connectivity index (χ2v) is 14.2. The lowest BCUT2D eigenvalue weighted by Crippen LogP contribution is -2.41. The fourth-order valence-electron chi connectivity index (χ4n) is 3.41. The lowest BCUT2D eigenvalue weighted by Gasteiger charge is -2.38. The van der Waals surface area contributed by atoms with Gasteiger partial charge < -0.3 is 4.43 Å². The molecule has 6 heteroatoms. The smallest absolute Gasteiger partial charge is 0.217 e. The fourth-order valence-corrected chi connectivity index (χ4v) is 4.68. The van der Waals surface area contributed by atoms with Crippen molar-refractivity contribution in [1.29, 1.82) is 0 Å². The Morgan fingerprint density at radius 3 is 2.44 bits per heavy atom. The van der Waals surface area contributed by atoms with Gasteiger partial charge in [0.15, 0.2) is 14.1 Å². The molecular weight excluding hydrogens is 354 g/mol. The zero-order chi connectivity index (χ0) is 19.4. The van der Waals surface area contributed by atoms with Gasteiger partial charge in [-0.25, -0.2) is 9.67 Å². The summed E-state index contributed by atoms with van der Waals surface area (Å²) in [6.45, 7) is 11.3. The predicted octanol–water partition coefficient (Wildman–Crippen LogP) is 4.93. The lowest BCUT2D eigenvalue weighted by molar-refractivity contribution is 0.0956. The molecule has 1 aliphatic carbocycles. The van der Waals surface area contributed by atoms with Crippen molar-refractivity contribution in [2.45, 2.75) is 70.3 Å². The van der Waals surface area contributed by atoms with Gasteiger partial charge in [0.1, 0.15) is 6.10 Å². The number of nitrogens with zero attached hydrogens (tertiary/aromatic N) is 3. The standard InChI is InChI=1S/C21H29N3O2Si/c1-21(2,3)27(4,5)26-17-13-16(14-9-7-6-8-10-14)24-20(17)22-19(23-24)18(25)15-11-12-15/h6-10,15-17H,11-13H2,1-5H3/t16-,17+/m0/s1. The van der Waals surface area contributed by atoms with Crippen LogP contribution in [0.4, 0.5) is 0 Å². The summed E-state index contributed by atoms with van der Waals surface area (Å²) < 4.78 is 8.66. The Kier molecular flexibility index (Phi) is 4.39. The van der Waals surface area contributed by atoms with Gasteiger partial charge >= 0.3 is 0 Å². The number of benzene rings is 1. The van der Waals surface area contributed by atoms with E-state index < -0.39 is 8.32 Å². The molecule has 27 heavy (non-hydrogen) atoms. The number of carbonyl (C=O) groups is 1. The normalized spacial score (nSPS) is 22.7. The Hall–Kier alpha value is -1.79. The van der Waals surface area contributed by atoms with Gasteiger partial charge in [-0.3, -0.25) is 4.79 Å². The zero-order valence-corrected chi connectivity index (χ0v) is 17.9. The summed E-state index contributed by atoms with van der Waals surface area (Å²) in [4.78, 5) is 17.2. The van der Waals surface area contributed by atoms with E-state index in [9.17, 15) is 4.79 Å². The molecule has 2 atom stereocenters. The summed E-state index contributed by atoms with van der Waals surface area (Å²) in [5.74, 6) is 1.41. The van der Waals surface area contributed by atoms with E-state index >= 15 is 0 Å². The molecule has 0 bridgehead atoms. The molecule has 2 aliphatic rings. The van der Waals surface area contributed by atoms with Gasteiger partial charge in [-0.15, -0.1) is 5.10 Å². The third kappa shape index (κ3) is 3.41. The van der Waals surface area contributed by atoms with E-state index in [0.29, 0.717) is 5.82 Å². The first-order chi connectivity index (χ1) is 12.7. The van der Waals surface area contributed by atoms with Gasteiger partial charge in [0, 0.05) is 12.3 Å². The van der Waals surface area contributed by atoms with Crippen LogP contribution < -0.4 is 0 Å². The topological polar surface area (TPSA) is 57.0 Å². The van der Waals surface area contributed by atoms with E-state index in [-0.39, 0.29) is 28.9 Å². The molecule has 5 nitrogen and oxygen atoms in total. The van der Waals surface area contributed by atoms with Crippen LogP contribution in [0.1, 0.15) is 74.2 Å². The summed E-state index contributed by atoms with van der Waals surface area (Å²) in [6, 6.07) is 10.4. The monoisotopic (exact) mass is 383 g/mol. The number of rotatable bonds is 5. The van der Waals surface area contributed by atoms with E-state index in [1.165, 1.54) is 5.56 Å². The van der Waals surface area contributed by atoms with Gasteiger partial charge in [-0.05, 0) is 36.5 Å². The van der Waals surface area contributed by atoms with Crippen molar-refractivity contribution < 1.29 is 9.22 Å². The van der Waals surface area contributed by atoms with Gasteiger partial charge in [-0.2, -0.15) is 0 Å². The van der Waals surface area contributed by atoms with Crippen LogP contribution in [-0.2, 0) is 4.43 Å². The van der Waals surface area contributed by atoms with Crippen LogP contribution in [0.5, 0.6) is 0 Å². The highest BCUT2D eigenvalue weighted by molar-refractivity contribution is 6.74. The average Bonchev–Trinajstić information content (AvgIpc) is 3.28. The molecule has 144 valence electrons. The van der Waals surface area contributed by atoms with E-state index in [4.69, 9.17) is 4.43 Å². The van der Waals surface area contributed by atoms with Crippen molar-refractivity contribution in [3.63, 3.8) is 0 Å². The first-order valence-electron chi connectivity index (χ1n) is 9.91. The molecule has 4 rings (SSSR count). The minimum absolute atomic E-state index is 0.0734. The number of Topliss-reactive ketones (excluding diaryl/α,β-unsaturated/α-hetero) is 1. The van der Waals surface area contributed by atoms with Crippen molar-refractivity contribution in [3.05, 3.63) is 47.5 Å². The van der Waals surface area contributed by atoms with Gasteiger partial charge in [0.2, 0.25) is 11.6 Å². The van der Waals surface area contributed by atoms with Crippen LogP contribution in [0.15, 0.2) is 30.3 Å². The minimum Gasteiger partial charge on any atom is -0.407 e. The molecule has 0 spiro atoms. The number of carbonyl (C=O) groups excluding carboxylic acids is 1. The number of ketones is 1. The summed E-state index contributed by atoms with van der Waals surface area (Å²) >= 11 is 0. The molecule has 2 heterocycles. The Morgan fingerprint density at radius 1 is 1.19 bits per heavy atom. The number of hydrogen-bond donors (Lipinski definition) is 0. The van der Waals surface area contributed by atoms with E-state index in [1.807, 2.05) is 22.9 Å². The second kappa shape index (κ2) is 6.38. The van der Waals surface area contributed by atoms with Crippen LogP contribution >= 0.6 is 0 Å². The van der Waals surface area contributed by atoms with Crippen LogP contribution in [-0.4, -0.2) is 28.9 Å². The van der Waals surface area contributed by atoms with Crippen LogP contribution in [0.2, 0.25) is 18.1 Å². The summed E-state index contributed by atoms with van der Waals surface area (Å²) in [7, 11) is -1.96. The molecule has 2 aromatic rings. The van der Waals surface area contributed by atoms with Crippen molar-refractivity contribution in [2.75, 3.05) is 0 Å². The first kappa shape index (κ1) is 18.6. The third-order valence-electron chi connectivity index (χ3n) is 6.27. The molecule has 0 radical (unpaired) electrons. The van der Waals surface area contributed by atoms with Crippen LogP contribution in [0.25, 0.3) is 0 Å². The molecule has 0 unspecified atom stereocenters. The molecule has 1 saturated carbocycles. The van der Waals surface area contributed by atoms with Gasteiger partial charge in [0.25, 0.3) is 0 Å². The van der Waals surface area contributed by atoms with Crippen molar-refractivity contribution in [2.24, 2.45) is 5.92 Å². The molecular formula is C21H29N3O2Si. The SMILES string of the molecule is CC(C)(C)[Si](C)(C)O[C@@H]1C[C@@H](c2ccccc2)n2nc(C(=O)C3CC3)nc21. The van der Waals surface area contributed by atoms with E-state index in [2.05, 4.69) is 56.1 Å². The average molecular weight is 384 g/mol. The second-order valence-electron chi connectivity index (χ2n) is 9.41. The van der Waals surface area contributed by atoms with Crippen molar-refractivity contribution in [1.82, 2.24) is 14.8 Å². The lowest BCUT2D eigenvalue weighted by atomic mass is 10.0. The molecule has 0 N–H and O–H groups in total.